The Balaban J connectivity index is 2.24. The summed E-state index contributed by atoms with van der Waals surface area (Å²) in [4.78, 5) is 38.2. The molecule has 1 aromatic rings. The van der Waals surface area contributed by atoms with Gasteiger partial charge in [-0.2, -0.15) is 0 Å². The van der Waals surface area contributed by atoms with Crippen molar-refractivity contribution in [3.05, 3.63) is 28.8 Å². The van der Waals surface area contributed by atoms with Crippen molar-refractivity contribution in [1.82, 2.24) is 10.2 Å². The summed E-state index contributed by atoms with van der Waals surface area (Å²) in [5, 5.41) is 2.76. The predicted molar refractivity (Wildman–Crippen MR) is 105 cm³/mol. The molecule has 154 valence electrons. The molecule has 1 aromatic carbocycles. The molecule has 2 rings (SSSR count). The molecule has 7 heteroatoms. The minimum Gasteiger partial charge on any atom is -0.476 e. The van der Waals surface area contributed by atoms with Crippen LogP contribution in [0.3, 0.4) is 0 Å². The molecule has 1 atom stereocenters. The molecule has 0 bridgehead atoms. The number of amides is 3. The Morgan fingerprint density at radius 2 is 1.75 bits per heavy atom. The third kappa shape index (κ3) is 4.13. The van der Waals surface area contributed by atoms with Crippen LogP contribution in [0.25, 0.3) is 0 Å². The third-order valence-corrected chi connectivity index (χ3v) is 5.04. The van der Waals surface area contributed by atoms with Gasteiger partial charge in [0.25, 0.3) is 5.91 Å². The smallest absolute Gasteiger partial charge is 0.349 e. The number of urea groups is 1. The van der Waals surface area contributed by atoms with Crippen molar-refractivity contribution >= 4 is 17.9 Å². The number of imide groups is 1. The largest absolute Gasteiger partial charge is 0.476 e. The van der Waals surface area contributed by atoms with Crippen LogP contribution in [0.4, 0.5) is 4.79 Å². The van der Waals surface area contributed by atoms with E-state index in [9.17, 15) is 14.4 Å². The van der Waals surface area contributed by atoms with Gasteiger partial charge in [-0.1, -0.05) is 19.1 Å². The predicted octanol–water partition coefficient (Wildman–Crippen LogP) is 3.24. The van der Waals surface area contributed by atoms with E-state index in [-0.39, 0.29) is 25.1 Å². The SMILES string of the molecule is CCOC(=O)C(C)(C)Oc1c(C)cc(CN2C(=O)NC(C)(CC)C2=O)cc1C. The number of ether oxygens (including phenoxy) is 2. The second-order valence-corrected chi connectivity index (χ2v) is 7.90. The van der Waals surface area contributed by atoms with Gasteiger partial charge >= 0.3 is 12.0 Å². The monoisotopic (exact) mass is 390 g/mol. The Labute approximate surface area is 166 Å². The first-order chi connectivity index (χ1) is 12.9. The summed E-state index contributed by atoms with van der Waals surface area (Å²) in [6, 6.07) is 3.35. The van der Waals surface area contributed by atoms with Gasteiger partial charge in [0.1, 0.15) is 11.3 Å². The summed E-state index contributed by atoms with van der Waals surface area (Å²) in [5.41, 5.74) is 0.477. The van der Waals surface area contributed by atoms with Crippen molar-refractivity contribution in [3.8, 4) is 5.75 Å². The fraction of sp³-hybridized carbons (Fsp3) is 0.571. The van der Waals surface area contributed by atoms with Crippen LogP contribution in [-0.2, 0) is 20.9 Å². The first-order valence-electron chi connectivity index (χ1n) is 9.55. The molecule has 1 aliphatic rings. The van der Waals surface area contributed by atoms with E-state index in [0.29, 0.717) is 12.2 Å². The minimum absolute atomic E-state index is 0.184. The number of carbonyl (C=O) groups excluding carboxylic acids is 3. The molecule has 1 saturated heterocycles. The van der Waals surface area contributed by atoms with Gasteiger partial charge in [0, 0.05) is 0 Å². The molecule has 28 heavy (non-hydrogen) atoms. The molecule has 0 spiro atoms. The molecule has 3 amide bonds. The average Bonchev–Trinajstić information content (AvgIpc) is 2.82. The zero-order chi connectivity index (χ0) is 21.3. The van der Waals surface area contributed by atoms with E-state index < -0.39 is 17.1 Å². The van der Waals surface area contributed by atoms with Crippen molar-refractivity contribution in [1.29, 1.82) is 0 Å². The van der Waals surface area contributed by atoms with Crippen LogP contribution < -0.4 is 10.1 Å². The summed E-state index contributed by atoms with van der Waals surface area (Å²) >= 11 is 0. The maximum atomic E-state index is 12.6. The average molecular weight is 390 g/mol. The van der Waals surface area contributed by atoms with Crippen LogP contribution in [0, 0.1) is 13.8 Å². The van der Waals surface area contributed by atoms with E-state index >= 15 is 0 Å². The highest BCUT2D eigenvalue weighted by Crippen LogP contribution is 2.30. The molecule has 0 radical (unpaired) electrons. The number of hydrogen-bond donors (Lipinski definition) is 1. The highest BCUT2D eigenvalue weighted by molar-refractivity contribution is 6.06. The molecule has 1 unspecified atom stereocenters. The first-order valence-corrected chi connectivity index (χ1v) is 9.55. The van der Waals surface area contributed by atoms with E-state index in [4.69, 9.17) is 9.47 Å². The van der Waals surface area contributed by atoms with E-state index in [1.54, 1.807) is 27.7 Å². The topological polar surface area (TPSA) is 84.9 Å². The molecule has 0 aromatic heterocycles. The third-order valence-electron chi connectivity index (χ3n) is 5.04. The van der Waals surface area contributed by atoms with Gasteiger partial charge in [-0.15, -0.1) is 0 Å². The quantitative estimate of drug-likeness (QED) is 0.571. The van der Waals surface area contributed by atoms with E-state index in [0.717, 1.165) is 16.7 Å². The molecule has 1 N–H and O–H groups in total. The van der Waals surface area contributed by atoms with Crippen LogP contribution in [0.15, 0.2) is 12.1 Å². The first kappa shape index (κ1) is 21.7. The lowest BCUT2D eigenvalue weighted by atomic mass is 9.99. The molecule has 1 heterocycles. The minimum atomic E-state index is -1.12. The number of carbonyl (C=O) groups is 3. The van der Waals surface area contributed by atoms with Crippen molar-refractivity contribution in [2.45, 2.75) is 72.6 Å². The maximum absolute atomic E-state index is 12.6. The van der Waals surface area contributed by atoms with Gasteiger partial charge in [0.05, 0.1) is 13.2 Å². The number of hydrogen-bond acceptors (Lipinski definition) is 5. The maximum Gasteiger partial charge on any atom is 0.349 e. The Morgan fingerprint density at radius 1 is 1.18 bits per heavy atom. The number of esters is 1. The number of nitrogens with zero attached hydrogens (tertiary/aromatic N) is 1. The molecule has 0 saturated carbocycles. The molecular formula is C21H30N2O5. The van der Waals surface area contributed by atoms with Gasteiger partial charge in [-0.05, 0) is 64.7 Å². The van der Waals surface area contributed by atoms with Gasteiger partial charge in [0.15, 0.2) is 5.60 Å². The summed E-state index contributed by atoms with van der Waals surface area (Å²) < 4.78 is 11.0. The number of aryl methyl sites for hydroxylation is 2. The standard InChI is InChI=1S/C21H30N2O5/c1-8-21(7)17(24)23(19(26)22-21)12-15-10-13(3)16(14(4)11-15)28-20(5,6)18(25)27-9-2/h10-11H,8-9,12H2,1-7H3,(H,22,26). The second kappa shape index (κ2) is 7.81. The zero-order valence-electron chi connectivity index (χ0n) is 17.8. The lowest BCUT2D eigenvalue weighted by Gasteiger charge is -2.26. The Hall–Kier alpha value is -2.57. The van der Waals surface area contributed by atoms with E-state index in [1.807, 2.05) is 32.9 Å². The van der Waals surface area contributed by atoms with Gasteiger partial charge < -0.3 is 14.8 Å². The highest BCUT2D eigenvalue weighted by atomic mass is 16.6. The van der Waals surface area contributed by atoms with Crippen LogP contribution >= 0.6 is 0 Å². The molecule has 1 aliphatic heterocycles. The molecule has 0 aliphatic carbocycles. The van der Waals surface area contributed by atoms with Crippen molar-refractivity contribution in [3.63, 3.8) is 0 Å². The summed E-state index contributed by atoms with van der Waals surface area (Å²) in [6.45, 7) is 12.9. The van der Waals surface area contributed by atoms with Gasteiger partial charge in [0.2, 0.25) is 0 Å². The number of rotatable bonds is 7. The summed E-state index contributed by atoms with van der Waals surface area (Å²) in [6.07, 6.45) is 0.530. The fourth-order valence-corrected chi connectivity index (χ4v) is 3.21. The van der Waals surface area contributed by atoms with Crippen LogP contribution in [-0.4, -0.2) is 40.6 Å². The van der Waals surface area contributed by atoms with Gasteiger partial charge in [-0.3, -0.25) is 9.69 Å². The highest BCUT2D eigenvalue weighted by Gasteiger charge is 2.46. The lowest BCUT2D eigenvalue weighted by Crippen LogP contribution is -2.43. The summed E-state index contributed by atoms with van der Waals surface area (Å²) in [5.74, 6) is -0.0625. The van der Waals surface area contributed by atoms with E-state index in [1.165, 1.54) is 4.90 Å². The normalized spacial score (nSPS) is 19.6. The van der Waals surface area contributed by atoms with Crippen LogP contribution in [0.2, 0.25) is 0 Å². The van der Waals surface area contributed by atoms with Crippen LogP contribution in [0.1, 0.15) is 57.7 Å². The lowest BCUT2D eigenvalue weighted by molar-refractivity contribution is -0.158. The van der Waals surface area contributed by atoms with Crippen molar-refractivity contribution < 1.29 is 23.9 Å². The van der Waals surface area contributed by atoms with Crippen molar-refractivity contribution in [2.75, 3.05) is 6.61 Å². The Kier molecular flexibility index (Phi) is 6.06. The Bertz CT molecular complexity index is 779. The molecule has 1 fully saturated rings. The van der Waals surface area contributed by atoms with Crippen molar-refractivity contribution in [2.24, 2.45) is 0 Å². The van der Waals surface area contributed by atoms with Gasteiger partial charge in [-0.25, -0.2) is 9.59 Å². The fourth-order valence-electron chi connectivity index (χ4n) is 3.21. The van der Waals surface area contributed by atoms with E-state index in [2.05, 4.69) is 5.32 Å². The van der Waals surface area contributed by atoms with Crippen LogP contribution in [0.5, 0.6) is 5.75 Å². The number of benzene rings is 1. The zero-order valence-corrected chi connectivity index (χ0v) is 17.8. The molecule has 7 nitrogen and oxygen atoms in total. The second-order valence-electron chi connectivity index (χ2n) is 7.90. The summed E-state index contributed by atoms with van der Waals surface area (Å²) in [7, 11) is 0. The number of nitrogens with one attached hydrogen (secondary N) is 1. The Morgan fingerprint density at radius 3 is 2.21 bits per heavy atom. The molecular weight excluding hydrogens is 360 g/mol.